The summed E-state index contributed by atoms with van der Waals surface area (Å²) in [5, 5.41) is 0. The van der Waals surface area contributed by atoms with Gasteiger partial charge in [-0.25, -0.2) is 4.98 Å². The maximum absolute atomic E-state index is 5.67. The van der Waals surface area contributed by atoms with E-state index in [0.29, 0.717) is 0 Å². The van der Waals surface area contributed by atoms with Crippen LogP contribution < -0.4 is 0 Å². The number of aryl methyl sites for hydroxylation is 1. The van der Waals surface area contributed by atoms with Gasteiger partial charge in [-0.3, -0.25) is 0 Å². The summed E-state index contributed by atoms with van der Waals surface area (Å²) in [6.45, 7) is 7.56. The Balaban J connectivity index is 1.66. The van der Waals surface area contributed by atoms with E-state index in [2.05, 4.69) is 29.6 Å². The number of ether oxygens (including phenoxy) is 1. The number of rotatable bonds is 19. The highest BCUT2D eigenvalue weighted by Gasteiger charge is 1.96. The molecule has 0 saturated carbocycles. The van der Waals surface area contributed by atoms with Gasteiger partial charge in [0.05, 0.1) is 6.33 Å². The normalized spacial score (nSPS) is 11.5. The van der Waals surface area contributed by atoms with Gasteiger partial charge in [-0.05, 0) is 25.2 Å². The molecule has 0 N–H and O–H groups in total. The van der Waals surface area contributed by atoms with E-state index in [-0.39, 0.29) is 0 Å². The van der Waals surface area contributed by atoms with E-state index in [0.717, 1.165) is 25.7 Å². The second kappa shape index (κ2) is 17.6. The van der Waals surface area contributed by atoms with Crippen molar-refractivity contribution in [3.8, 4) is 0 Å². The lowest BCUT2D eigenvalue weighted by Gasteiger charge is -2.06. The quantitative estimate of drug-likeness (QED) is 0.247. The van der Waals surface area contributed by atoms with Crippen LogP contribution >= 0.6 is 0 Å². The van der Waals surface area contributed by atoms with Gasteiger partial charge in [0.25, 0.3) is 0 Å². The Labute approximate surface area is 162 Å². The van der Waals surface area contributed by atoms with Crippen LogP contribution in [0.2, 0.25) is 0 Å². The van der Waals surface area contributed by atoms with Crippen molar-refractivity contribution in [3.05, 3.63) is 18.7 Å². The number of unbranched alkanes of at least 4 members (excludes halogenated alkanes) is 12. The standard InChI is InChI=1S/C23H44N2O/c1-23(2)16-21-26-20-15-13-11-9-7-5-3-4-6-8-10-12-14-18-25-19-17-24-22-25/h17,19,22-23H,3-16,18,20-21H2,1-2H3. The molecule has 1 rings (SSSR count). The molecular weight excluding hydrogens is 320 g/mol. The maximum atomic E-state index is 5.67. The maximum Gasteiger partial charge on any atom is 0.0945 e. The molecule has 0 bridgehead atoms. The first kappa shape index (κ1) is 23.2. The van der Waals surface area contributed by atoms with Gasteiger partial charge in [0.2, 0.25) is 0 Å². The van der Waals surface area contributed by atoms with Crippen molar-refractivity contribution in [2.45, 2.75) is 110 Å². The number of nitrogens with zero attached hydrogens (tertiary/aromatic N) is 2. The van der Waals surface area contributed by atoms with Crippen LogP contribution in [0.3, 0.4) is 0 Å². The molecule has 0 atom stereocenters. The summed E-state index contributed by atoms with van der Waals surface area (Å²) in [5.74, 6) is 0.767. The molecule has 0 fully saturated rings. The van der Waals surface area contributed by atoms with Crippen LogP contribution in [0, 0.1) is 5.92 Å². The second-order valence-electron chi connectivity index (χ2n) is 8.19. The second-order valence-corrected chi connectivity index (χ2v) is 8.19. The fourth-order valence-electron chi connectivity index (χ4n) is 3.28. The van der Waals surface area contributed by atoms with Crippen LogP contribution in [-0.2, 0) is 11.3 Å². The minimum absolute atomic E-state index is 0.767. The molecule has 1 aromatic heterocycles. The van der Waals surface area contributed by atoms with Gasteiger partial charge in [0, 0.05) is 32.2 Å². The molecule has 0 amide bonds. The summed E-state index contributed by atoms with van der Waals surface area (Å²) in [7, 11) is 0. The van der Waals surface area contributed by atoms with Crippen molar-refractivity contribution in [1.82, 2.24) is 9.55 Å². The van der Waals surface area contributed by atoms with E-state index in [9.17, 15) is 0 Å². The Morgan fingerprint density at radius 3 is 1.77 bits per heavy atom. The molecule has 1 heterocycles. The highest BCUT2D eigenvalue weighted by atomic mass is 16.5. The number of imidazole rings is 1. The van der Waals surface area contributed by atoms with Crippen molar-refractivity contribution in [2.75, 3.05) is 13.2 Å². The fraction of sp³-hybridized carbons (Fsp3) is 0.870. The molecule has 3 heteroatoms. The van der Waals surface area contributed by atoms with E-state index < -0.39 is 0 Å². The van der Waals surface area contributed by atoms with Gasteiger partial charge >= 0.3 is 0 Å². The highest BCUT2D eigenvalue weighted by molar-refractivity contribution is 4.73. The first-order valence-corrected chi connectivity index (χ1v) is 11.3. The van der Waals surface area contributed by atoms with E-state index in [1.807, 2.05) is 12.5 Å². The van der Waals surface area contributed by atoms with E-state index in [4.69, 9.17) is 4.74 Å². The summed E-state index contributed by atoms with van der Waals surface area (Å²) >= 11 is 0. The zero-order valence-corrected chi connectivity index (χ0v) is 17.6. The molecule has 26 heavy (non-hydrogen) atoms. The summed E-state index contributed by atoms with van der Waals surface area (Å²) in [6, 6.07) is 0. The number of hydrogen-bond donors (Lipinski definition) is 0. The smallest absolute Gasteiger partial charge is 0.0945 e. The van der Waals surface area contributed by atoms with Crippen molar-refractivity contribution in [1.29, 1.82) is 0 Å². The van der Waals surface area contributed by atoms with Gasteiger partial charge in [-0.1, -0.05) is 84.5 Å². The Bertz CT molecular complexity index is 376. The summed E-state index contributed by atoms with van der Waals surface area (Å²) in [6.07, 6.45) is 25.1. The van der Waals surface area contributed by atoms with Gasteiger partial charge in [0.1, 0.15) is 0 Å². The molecule has 0 saturated heterocycles. The Morgan fingerprint density at radius 1 is 0.731 bits per heavy atom. The molecule has 0 aliphatic rings. The molecule has 0 spiro atoms. The molecule has 152 valence electrons. The fourth-order valence-corrected chi connectivity index (χ4v) is 3.28. The predicted octanol–water partition coefficient (Wildman–Crippen LogP) is 7.02. The zero-order valence-electron chi connectivity index (χ0n) is 17.6. The van der Waals surface area contributed by atoms with E-state index in [1.54, 1.807) is 0 Å². The van der Waals surface area contributed by atoms with E-state index >= 15 is 0 Å². The van der Waals surface area contributed by atoms with Gasteiger partial charge in [-0.15, -0.1) is 0 Å². The van der Waals surface area contributed by atoms with Crippen LogP contribution in [-0.4, -0.2) is 22.8 Å². The number of aromatic nitrogens is 2. The van der Waals surface area contributed by atoms with Crippen molar-refractivity contribution >= 4 is 0 Å². The zero-order chi connectivity index (χ0) is 18.7. The van der Waals surface area contributed by atoms with Gasteiger partial charge in [-0.2, -0.15) is 0 Å². The summed E-state index contributed by atoms with van der Waals surface area (Å²) in [5.41, 5.74) is 0. The lowest BCUT2D eigenvalue weighted by atomic mass is 10.0. The highest BCUT2D eigenvalue weighted by Crippen LogP contribution is 2.13. The third-order valence-electron chi connectivity index (χ3n) is 5.10. The Kier molecular flexibility index (Phi) is 15.7. The van der Waals surface area contributed by atoms with Crippen molar-refractivity contribution in [3.63, 3.8) is 0 Å². The molecular formula is C23H44N2O. The van der Waals surface area contributed by atoms with E-state index in [1.165, 1.54) is 89.9 Å². The van der Waals surface area contributed by atoms with Crippen LogP contribution in [0.25, 0.3) is 0 Å². The van der Waals surface area contributed by atoms with Crippen LogP contribution in [0.4, 0.5) is 0 Å². The summed E-state index contributed by atoms with van der Waals surface area (Å²) < 4.78 is 7.85. The minimum Gasteiger partial charge on any atom is -0.381 e. The summed E-state index contributed by atoms with van der Waals surface area (Å²) in [4.78, 5) is 4.08. The molecule has 0 radical (unpaired) electrons. The monoisotopic (exact) mass is 364 g/mol. The average molecular weight is 365 g/mol. The third kappa shape index (κ3) is 15.4. The van der Waals surface area contributed by atoms with Crippen molar-refractivity contribution < 1.29 is 4.74 Å². The van der Waals surface area contributed by atoms with Crippen LogP contribution in [0.5, 0.6) is 0 Å². The van der Waals surface area contributed by atoms with Gasteiger partial charge in [0.15, 0.2) is 0 Å². The molecule has 1 aromatic rings. The SMILES string of the molecule is CC(C)CCOCCCCCCCCCCCCCCCn1ccnc1. The molecule has 0 aromatic carbocycles. The topological polar surface area (TPSA) is 27.1 Å². The number of hydrogen-bond acceptors (Lipinski definition) is 2. The largest absolute Gasteiger partial charge is 0.381 e. The first-order valence-electron chi connectivity index (χ1n) is 11.3. The predicted molar refractivity (Wildman–Crippen MR) is 113 cm³/mol. The van der Waals surface area contributed by atoms with Gasteiger partial charge < -0.3 is 9.30 Å². The lowest BCUT2D eigenvalue weighted by Crippen LogP contribution is -2.00. The van der Waals surface area contributed by atoms with Crippen molar-refractivity contribution in [2.24, 2.45) is 5.92 Å². The first-order chi connectivity index (χ1) is 12.8. The lowest BCUT2D eigenvalue weighted by molar-refractivity contribution is 0.119. The molecule has 0 aliphatic carbocycles. The Hall–Kier alpha value is -0.830. The third-order valence-corrected chi connectivity index (χ3v) is 5.10. The van der Waals surface area contributed by atoms with Crippen LogP contribution in [0.1, 0.15) is 104 Å². The van der Waals surface area contributed by atoms with Crippen LogP contribution in [0.15, 0.2) is 18.7 Å². The molecule has 3 nitrogen and oxygen atoms in total. The minimum atomic E-state index is 0.767. The Morgan fingerprint density at radius 2 is 1.27 bits per heavy atom. The molecule has 0 aliphatic heterocycles. The molecule has 0 unspecified atom stereocenters. The average Bonchev–Trinajstić information content (AvgIpc) is 3.14.